The second-order valence-electron chi connectivity index (χ2n) is 8.84. The second-order valence-corrected chi connectivity index (χ2v) is 8.84. The first kappa shape index (κ1) is 18.7. The van der Waals surface area contributed by atoms with Crippen molar-refractivity contribution in [3.8, 4) is 0 Å². The van der Waals surface area contributed by atoms with Crippen molar-refractivity contribution in [2.45, 2.75) is 58.3 Å². The number of benzene rings is 1. The van der Waals surface area contributed by atoms with Gasteiger partial charge in [0.15, 0.2) is 0 Å². The molecule has 1 saturated carbocycles. The Morgan fingerprint density at radius 1 is 1.33 bits per heavy atom. The summed E-state index contributed by atoms with van der Waals surface area (Å²) in [5.41, 5.74) is 2.24. The third kappa shape index (κ3) is 3.03. The van der Waals surface area contributed by atoms with Crippen LogP contribution in [-0.2, 0) is 9.53 Å². The molecule has 2 N–H and O–H groups in total. The predicted octanol–water partition coefficient (Wildman–Crippen LogP) is 3.62. The van der Waals surface area contributed by atoms with Crippen molar-refractivity contribution in [3.63, 3.8) is 0 Å². The quantitative estimate of drug-likeness (QED) is 0.629. The van der Waals surface area contributed by atoms with E-state index in [0.29, 0.717) is 12.5 Å². The Balaban J connectivity index is 1.52. The molecule has 0 radical (unpaired) electrons. The van der Waals surface area contributed by atoms with Crippen molar-refractivity contribution in [1.29, 1.82) is 0 Å². The zero-order valence-corrected chi connectivity index (χ0v) is 16.5. The van der Waals surface area contributed by atoms with Gasteiger partial charge in [-0.25, -0.2) is 0 Å². The zero-order valence-electron chi connectivity index (χ0n) is 16.5. The van der Waals surface area contributed by atoms with Crippen LogP contribution in [0, 0.1) is 23.2 Å². The Kier molecular flexibility index (Phi) is 4.89. The molecule has 7 atom stereocenters. The lowest BCUT2D eigenvalue weighted by Crippen LogP contribution is -2.54. The Hall–Kier alpha value is -1.65. The molecule has 4 heteroatoms. The lowest BCUT2D eigenvalue weighted by Gasteiger charge is -2.51. The average Bonchev–Trinajstić information content (AvgIpc) is 2.98. The van der Waals surface area contributed by atoms with Crippen LogP contribution in [-0.4, -0.2) is 29.8 Å². The third-order valence-corrected chi connectivity index (χ3v) is 7.51. The summed E-state index contributed by atoms with van der Waals surface area (Å²) >= 11 is 0. The maximum atomic E-state index is 12.6. The van der Waals surface area contributed by atoms with E-state index in [1.807, 2.05) is 18.2 Å². The maximum absolute atomic E-state index is 12.6. The summed E-state index contributed by atoms with van der Waals surface area (Å²) in [5, 5.41) is 14.9. The van der Waals surface area contributed by atoms with E-state index in [1.54, 1.807) is 0 Å². The number of esters is 1. The Labute approximate surface area is 162 Å². The molecule has 0 amide bonds. The van der Waals surface area contributed by atoms with Crippen LogP contribution in [0.5, 0.6) is 0 Å². The fraction of sp³-hybridized carbons (Fsp3) is 0.609. The number of allylic oxidation sites excluding steroid dienone is 1. The van der Waals surface area contributed by atoms with Gasteiger partial charge in [-0.1, -0.05) is 55.8 Å². The number of carbonyl (C=O) groups is 1. The van der Waals surface area contributed by atoms with Gasteiger partial charge in [-0.3, -0.25) is 4.79 Å². The molecule has 1 aliphatic heterocycles. The number of aliphatic hydroxyl groups excluding tert-OH is 1. The summed E-state index contributed by atoms with van der Waals surface area (Å²) in [7, 11) is 0. The fourth-order valence-electron chi connectivity index (χ4n) is 5.46. The number of carbonyl (C=O) groups excluding carboxylic acids is 1. The van der Waals surface area contributed by atoms with Gasteiger partial charge in [-0.15, -0.1) is 0 Å². The minimum atomic E-state index is -0.539. The first-order valence-corrected chi connectivity index (χ1v) is 10.3. The number of rotatable bonds is 4. The molecule has 2 aliphatic carbocycles. The van der Waals surface area contributed by atoms with Gasteiger partial charge in [0, 0.05) is 30.3 Å². The standard InChI is InChI=1S/C23H31NO3/c1-14-8-7-11-17-12-19-20(21(25)23(14,17)3)18(22(26)27-19)13-24-15(2)16-9-5-4-6-10-16/h4-6,9-11,14-15,18-21,24-25H,7-8,12-13H2,1-3H3/t14-,15-,18-,19+,20+,21-,23+/m0/s1. The molecule has 1 aromatic carbocycles. The molecule has 1 saturated heterocycles. The number of nitrogens with one attached hydrogen (secondary N) is 1. The molecule has 4 rings (SSSR count). The van der Waals surface area contributed by atoms with Crippen LogP contribution in [0.4, 0.5) is 0 Å². The number of ether oxygens (including phenoxy) is 1. The summed E-state index contributed by atoms with van der Waals surface area (Å²) in [6.45, 7) is 7.06. The summed E-state index contributed by atoms with van der Waals surface area (Å²) in [6, 6.07) is 10.4. The van der Waals surface area contributed by atoms with Crippen molar-refractivity contribution < 1.29 is 14.6 Å². The zero-order chi connectivity index (χ0) is 19.2. The monoisotopic (exact) mass is 369 g/mol. The lowest BCUT2D eigenvalue weighted by molar-refractivity contribution is -0.144. The maximum Gasteiger partial charge on any atom is 0.311 e. The van der Waals surface area contributed by atoms with Crippen molar-refractivity contribution in [1.82, 2.24) is 5.32 Å². The van der Waals surface area contributed by atoms with E-state index in [2.05, 4.69) is 44.3 Å². The van der Waals surface area contributed by atoms with Crippen LogP contribution in [0.1, 0.15) is 51.6 Å². The van der Waals surface area contributed by atoms with E-state index in [1.165, 1.54) is 11.1 Å². The van der Waals surface area contributed by atoms with Crippen LogP contribution < -0.4 is 5.32 Å². The van der Waals surface area contributed by atoms with Gasteiger partial charge in [0.2, 0.25) is 0 Å². The summed E-state index contributed by atoms with van der Waals surface area (Å²) in [5.74, 6) is -0.160. The van der Waals surface area contributed by atoms with E-state index >= 15 is 0 Å². The topological polar surface area (TPSA) is 58.6 Å². The molecular formula is C23H31NO3. The third-order valence-electron chi connectivity index (χ3n) is 7.51. The molecule has 2 fully saturated rings. The van der Waals surface area contributed by atoms with Gasteiger partial charge in [0.25, 0.3) is 0 Å². The summed E-state index contributed by atoms with van der Waals surface area (Å²) in [6.07, 6.45) is 4.48. The largest absolute Gasteiger partial charge is 0.461 e. The highest BCUT2D eigenvalue weighted by Gasteiger charge is 2.59. The van der Waals surface area contributed by atoms with Crippen molar-refractivity contribution in [3.05, 3.63) is 47.5 Å². The second kappa shape index (κ2) is 7.06. The van der Waals surface area contributed by atoms with Gasteiger partial charge in [-0.2, -0.15) is 0 Å². The number of aliphatic hydroxyl groups is 1. The highest BCUT2D eigenvalue weighted by atomic mass is 16.6. The van der Waals surface area contributed by atoms with E-state index < -0.39 is 6.10 Å². The van der Waals surface area contributed by atoms with Gasteiger partial charge in [0.05, 0.1) is 12.0 Å². The van der Waals surface area contributed by atoms with Crippen molar-refractivity contribution in [2.24, 2.45) is 23.2 Å². The van der Waals surface area contributed by atoms with Crippen LogP contribution in [0.2, 0.25) is 0 Å². The number of fused-ring (bicyclic) bond motifs is 2. The minimum Gasteiger partial charge on any atom is -0.461 e. The van der Waals surface area contributed by atoms with Gasteiger partial charge in [0.1, 0.15) is 6.10 Å². The SMILES string of the molecule is C[C@H](NC[C@@H]1C(=O)O[C@@H]2CC3=CCC[C@H](C)[C@@]3(C)[C@@H](O)[C@H]12)c1ccccc1. The molecule has 146 valence electrons. The Morgan fingerprint density at radius 2 is 2.07 bits per heavy atom. The van der Waals surface area contributed by atoms with Crippen LogP contribution >= 0.6 is 0 Å². The van der Waals surface area contributed by atoms with Crippen LogP contribution in [0.3, 0.4) is 0 Å². The first-order valence-electron chi connectivity index (χ1n) is 10.3. The van der Waals surface area contributed by atoms with Crippen LogP contribution in [0.25, 0.3) is 0 Å². The molecule has 0 aromatic heterocycles. The summed E-state index contributed by atoms with van der Waals surface area (Å²) in [4.78, 5) is 12.6. The highest BCUT2D eigenvalue weighted by molar-refractivity contribution is 5.76. The van der Waals surface area contributed by atoms with E-state index in [4.69, 9.17) is 4.74 Å². The van der Waals surface area contributed by atoms with Gasteiger partial charge in [-0.05, 0) is 31.2 Å². The minimum absolute atomic E-state index is 0.129. The smallest absolute Gasteiger partial charge is 0.311 e. The molecule has 27 heavy (non-hydrogen) atoms. The Morgan fingerprint density at radius 3 is 2.81 bits per heavy atom. The Bertz CT molecular complexity index is 730. The molecule has 1 heterocycles. The number of hydrogen-bond donors (Lipinski definition) is 2. The molecule has 0 spiro atoms. The predicted molar refractivity (Wildman–Crippen MR) is 105 cm³/mol. The van der Waals surface area contributed by atoms with Crippen molar-refractivity contribution in [2.75, 3.05) is 6.54 Å². The normalized spacial score (nSPS) is 39.2. The molecular weight excluding hydrogens is 338 g/mol. The van der Waals surface area contributed by atoms with E-state index in [9.17, 15) is 9.90 Å². The fourth-order valence-corrected chi connectivity index (χ4v) is 5.46. The molecule has 4 nitrogen and oxygen atoms in total. The molecule has 1 aromatic rings. The highest BCUT2D eigenvalue weighted by Crippen LogP contribution is 2.55. The van der Waals surface area contributed by atoms with Crippen LogP contribution in [0.15, 0.2) is 42.0 Å². The van der Waals surface area contributed by atoms with Gasteiger partial charge >= 0.3 is 5.97 Å². The number of hydrogen-bond acceptors (Lipinski definition) is 4. The van der Waals surface area contributed by atoms with Gasteiger partial charge < -0.3 is 15.2 Å². The first-order chi connectivity index (χ1) is 12.9. The molecule has 0 bridgehead atoms. The van der Waals surface area contributed by atoms with E-state index in [0.717, 1.165) is 19.3 Å². The van der Waals surface area contributed by atoms with E-state index in [-0.39, 0.29) is 35.4 Å². The lowest BCUT2D eigenvalue weighted by atomic mass is 9.55. The summed E-state index contributed by atoms with van der Waals surface area (Å²) < 4.78 is 5.74. The average molecular weight is 370 g/mol. The molecule has 0 unspecified atom stereocenters. The van der Waals surface area contributed by atoms with Crippen molar-refractivity contribution >= 4 is 5.97 Å². The molecule has 3 aliphatic rings.